The van der Waals surface area contributed by atoms with Gasteiger partial charge in [0.2, 0.25) is 5.95 Å². The van der Waals surface area contributed by atoms with Gasteiger partial charge in [-0.15, -0.1) is 0 Å². The monoisotopic (exact) mass is 262 g/mol. The van der Waals surface area contributed by atoms with Crippen molar-refractivity contribution in [1.82, 2.24) is 14.9 Å². The molecule has 0 saturated carbocycles. The average Bonchev–Trinajstić information content (AvgIpc) is 2.42. The van der Waals surface area contributed by atoms with Gasteiger partial charge in [-0.25, -0.2) is 15.8 Å². The van der Waals surface area contributed by atoms with E-state index in [1.165, 1.54) is 0 Å². The van der Waals surface area contributed by atoms with Crippen LogP contribution in [0.1, 0.15) is 30.0 Å². The van der Waals surface area contributed by atoms with Crippen molar-refractivity contribution < 1.29 is 4.79 Å². The van der Waals surface area contributed by atoms with Crippen LogP contribution in [0.4, 0.5) is 5.95 Å². The molecule has 0 aromatic carbocycles. The second kappa shape index (κ2) is 6.66. The van der Waals surface area contributed by atoms with Crippen molar-refractivity contribution in [3.05, 3.63) is 17.5 Å². The van der Waals surface area contributed by atoms with Gasteiger partial charge in [0.25, 0.3) is 5.91 Å². The maximum Gasteiger partial charge on any atom is 0.272 e. The fourth-order valence-corrected chi connectivity index (χ4v) is 1.63. The van der Waals surface area contributed by atoms with E-state index in [9.17, 15) is 4.79 Å². The molecule has 0 fully saturated rings. The van der Waals surface area contributed by atoms with Crippen LogP contribution in [0.3, 0.4) is 0 Å². The highest BCUT2D eigenvalue weighted by atomic mass is 16.2. The number of nitriles is 1. The first-order valence-electron chi connectivity index (χ1n) is 6.03. The smallest absolute Gasteiger partial charge is 0.272 e. The largest absolute Gasteiger partial charge is 0.336 e. The van der Waals surface area contributed by atoms with E-state index in [4.69, 9.17) is 11.1 Å². The highest BCUT2D eigenvalue weighted by Crippen LogP contribution is 2.09. The molecule has 0 aliphatic heterocycles. The molecular formula is C12H18N6O. The highest BCUT2D eigenvalue weighted by Gasteiger charge is 2.19. The fraction of sp³-hybridized carbons (Fsp3) is 0.500. The molecule has 1 atom stereocenters. The van der Waals surface area contributed by atoms with Gasteiger partial charge in [-0.1, -0.05) is 0 Å². The number of carbonyl (C=O) groups is 1. The second-order valence-electron chi connectivity index (χ2n) is 4.24. The van der Waals surface area contributed by atoms with Gasteiger partial charge in [-0.2, -0.15) is 5.26 Å². The predicted octanol–water partition coefficient (Wildman–Crippen LogP) is 0.692. The third-order valence-corrected chi connectivity index (χ3v) is 2.59. The summed E-state index contributed by atoms with van der Waals surface area (Å²) in [7, 11) is 0. The van der Waals surface area contributed by atoms with E-state index in [0.717, 1.165) is 0 Å². The summed E-state index contributed by atoms with van der Waals surface area (Å²) >= 11 is 0. The Morgan fingerprint density at radius 2 is 2.32 bits per heavy atom. The zero-order valence-electron chi connectivity index (χ0n) is 11.3. The molecule has 102 valence electrons. The molecule has 1 unspecified atom stereocenters. The van der Waals surface area contributed by atoms with E-state index in [1.54, 1.807) is 24.8 Å². The van der Waals surface area contributed by atoms with Gasteiger partial charge >= 0.3 is 0 Å². The number of aryl methyl sites for hydroxylation is 1. The van der Waals surface area contributed by atoms with Crippen LogP contribution in [0.5, 0.6) is 0 Å². The number of hydrogen-bond acceptors (Lipinski definition) is 6. The van der Waals surface area contributed by atoms with Crippen molar-refractivity contribution in [2.45, 2.75) is 20.8 Å². The number of hydrazine groups is 1. The lowest BCUT2D eigenvalue weighted by molar-refractivity contribution is 0.0746. The molecule has 1 amide bonds. The van der Waals surface area contributed by atoms with Crippen molar-refractivity contribution in [2.75, 3.05) is 18.5 Å². The maximum absolute atomic E-state index is 12.3. The fourth-order valence-electron chi connectivity index (χ4n) is 1.63. The number of nitrogens with one attached hydrogen (secondary N) is 1. The minimum Gasteiger partial charge on any atom is -0.336 e. The lowest BCUT2D eigenvalue weighted by atomic mass is 10.2. The lowest BCUT2D eigenvalue weighted by Crippen LogP contribution is -2.35. The van der Waals surface area contributed by atoms with Crippen molar-refractivity contribution in [2.24, 2.45) is 11.8 Å². The van der Waals surface area contributed by atoms with Gasteiger partial charge in [0.1, 0.15) is 5.69 Å². The van der Waals surface area contributed by atoms with E-state index in [2.05, 4.69) is 21.5 Å². The Bertz CT molecular complexity index is 495. The summed E-state index contributed by atoms with van der Waals surface area (Å²) in [5, 5.41) is 8.82. The predicted molar refractivity (Wildman–Crippen MR) is 70.9 cm³/mol. The van der Waals surface area contributed by atoms with Crippen molar-refractivity contribution in [3.8, 4) is 6.07 Å². The van der Waals surface area contributed by atoms with Crippen LogP contribution in [0.25, 0.3) is 0 Å². The summed E-state index contributed by atoms with van der Waals surface area (Å²) in [6, 6.07) is 3.71. The molecular weight excluding hydrogens is 244 g/mol. The molecule has 1 rings (SSSR count). The highest BCUT2D eigenvalue weighted by molar-refractivity contribution is 5.92. The molecule has 1 aromatic heterocycles. The van der Waals surface area contributed by atoms with E-state index >= 15 is 0 Å². The van der Waals surface area contributed by atoms with Gasteiger partial charge in [0, 0.05) is 18.8 Å². The molecule has 7 nitrogen and oxygen atoms in total. The lowest BCUT2D eigenvalue weighted by Gasteiger charge is -2.21. The van der Waals surface area contributed by atoms with Crippen molar-refractivity contribution in [3.63, 3.8) is 0 Å². The average molecular weight is 262 g/mol. The SMILES string of the molecule is CCN(CC(C)C#N)C(=O)c1cc(C)nc(NN)n1. The minimum absolute atomic E-state index is 0.202. The molecule has 0 radical (unpaired) electrons. The number of amides is 1. The maximum atomic E-state index is 12.3. The Labute approximate surface area is 112 Å². The van der Waals surface area contributed by atoms with E-state index in [1.807, 2.05) is 6.92 Å². The summed E-state index contributed by atoms with van der Waals surface area (Å²) in [4.78, 5) is 21.9. The van der Waals surface area contributed by atoms with Crippen molar-refractivity contribution >= 4 is 11.9 Å². The zero-order chi connectivity index (χ0) is 14.4. The minimum atomic E-state index is -0.230. The number of rotatable bonds is 5. The van der Waals surface area contributed by atoms with Crippen molar-refractivity contribution in [1.29, 1.82) is 5.26 Å². The summed E-state index contributed by atoms with van der Waals surface area (Å²) in [5.74, 6) is 5.00. The first-order chi connectivity index (χ1) is 9.01. The Morgan fingerprint density at radius 1 is 1.63 bits per heavy atom. The number of anilines is 1. The Balaban J connectivity index is 2.97. The summed E-state index contributed by atoms with van der Waals surface area (Å²) < 4.78 is 0. The Morgan fingerprint density at radius 3 is 2.84 bits per heavy atom. The summed E-state index contributed by atoms with van der Waals surface area (Å²) in [6.45, 7) is 6.28. The topological polar surface area (TPSA) is 108 Å². The molecule has 0 spiro atoms. The van der Waals surface area contributed by atoms with Gasteiger partial charge in [-0.05, 0) is 26.8 Å². The van der Waals surface area contributed by atoms with Gasteiger partial charge in [0.15, 0.2) is 0 Å². The second-order valence-corrected chi connectivity index (χ2v) is 4.24. The Hall–Kier alpha value is -2.20. The van der Waals surface area contributed by atoms with E-state index < -0.39 is 0 Å². The first kappa shape index (κ1) is 14.9. The normalized spacial score (nSPS) is 11.5. The molecule has 1 heterocycles. The number of nitrogens with zero attached hydrogens (tertiary/aromatic N) is 4. The summed E-state index contributed by atoms with van der Waals surface area (Å²) in [5.41, 5.74) is 3.25. The molecule has 0 bridgehead atoms. The molecule has 1 aromatic rings. The number of carbonyl (C=O) groups excluding carboxylic acids is 1. The number of aromatic nitrogens is 2. The van der Waals surface area contributed by atoms with Crippen LogP contribution in [-0.2, 0) is 0 Å². The van der Waals surface area contributed by atoms with Crippen LogP contribution in [0.15, 0.2) is 6.07 Å². The zero-order valence-corrected chi connectivity index (χ0v) is 11.3. The number of hydrogen-bond donors (Lipinski definition) is 2. The summed E-state index contributed by atoms with van der Waals surface area (Å²) in [6.07, 6.45) is 0. The first-order valence-corrected chi connectivity index (χ1v) is 6.03. The standard InChI is InChI=1S/C12H18N6O/c1-4-18(7-8(2)6-13)11(19)10-5-9(3)15-12(16-10)17-14/h5,8H,4,7,14H2,1-3H3,(H,15,16,17). The van der Waals surface area contributed by atoms with Crippen LogP contribution < -0.4 is 11.3 Å². The van der Waals surface area contributed by atoms with E-state index in [0.29, 0.717) is 18.8 Å². The molecule has 0 aliphatic rings. The molecule has 7 heteroatoms. The Kier molecular flexibility index (Phi) is 5.21. The third-order valence-electron chi connectivity index (χ3n) is 2.59. The van der Waals surface area contributed by atoms with Gasteiger partial charge in [0.05, 0.1) is 12.0 Å². The van der Waals surface area contributed by atoms with Crippen LogP contribution in [0.2, 0.25) is 0 Å². The van der Waals surface area contributed by atoms with Crippen LogP contribution in [0, 0.1) is 24.2 Å². The molecule has 0 aliphatic carbocycles. The van der Waals surface area contributed by atoms with Gasteiger partial charge in [-0.3, -0.25) is 10.2 Å². The van der Waals surface area contributed by atoms with Crippen LogP contribution in [-0.4, -0.2) is 33.9 Å². The molecule has 19 heavy (non-hydrogen) atoms. The molecule has 0 saturated heterocycles. The third kappa shape index (κ3) is 3.89. The quantitative estimate of drug-likeness (QED) is 0.597. The van der Waals surface area contributed by atoms with Crippen LogP contribution >= 0.6 is 0 Å². The number of nitrogens with two attached hydrogens (primary N) is 1. The van der Waals surface area contributed by atoms with E-state index in [-0.39, 0.29) is 23.5 Å². The number of nitrogen functional groups attached to an aromatic ring is 1. The molecule has 3 N–H and O–H groups in total. The van der Waals surface area contributed by atoms with Gasteiger partial charge < -0.3 is 4.90 Å².